The number of rotatable bonds is 7. The molecule has 0 aromatic carbocycles. The summed E-state index contributed by atoms with van der Waals surface area (Å²) in [5.74, 6) is 3.45. The quantitative estimate of drug-likeness (QED) is 0.809. The number of nitrogens with zero attached hydrogens (tertiary/aromatic N) is 2. The lowest BCUT2D eigenvalue weighted by Crippen LogP contribution is -2.15. The molecule has 0 aliphatic carbocycles. The third kappa shape index (κ3) is 4.71. The first kappa shape index (κ1) is 14.6. The van der Waals surface area contributed by atoms with Gasteiger partial charge in [0.25, 0.3) is 0 Å². The Hall–Kier alpha value is -0.490. The minimum absolute atomic E-state index is 0.620. The number of thioether (sulfide) groups is 1. The van der Waals surface area contributed by atoms with Crippen molar-refractivity contribution in [2.45, 2.75) is 13.8 Å². The second kappa shape index (κ2) is 7.76. The van der Waals surface area contributed by atoms with Gasteiger partial charge in [-0.15, -0.1) is 0 Å². The summed E-state index contributed by atoms with van der Waals surface area (Å²) in [6.45, 7) is 6.03. The molecule has 4 nitrogen and oxygen atoms in total. The van der Waals surface area contributed by atoms with E-state index in [-0.39, 0.29) is 0 Å². The number of aromatic nitrogens is 2. The van der Waals surface area contributed by atoms with E-state index in [4.69, 9.17) is 0 Å². The Morgan fingerprint density at radius 2 is 2.00 bits per heavy atom. The highest BCUT2D eigenvalue weighted by Crippen LogP contribution is 2.26. The summed E-state index contributed by atoms with van der Waals surface area (Å²) in [5.41, 5.74) is 0. The normalized spacial score (nSPS) is 12.2. The van der Waals surface area contributed by atoms with Gasteiger partial charge in [-0.2, -0.15) is 11.8 Å². The molecule has 0 bridgehead atoms. The lowest BCUT2D eigenvalue weighted by molar-refractivity contribution is 0.699. The molecular weight excluding hydrogens is 300 g/mol. The van der Waals surface area contributed by atoms with E-state index in [1.54, 1.807) is 6.33 Å². The first-order valence-electron chi connectivity index (χ1n) is 5.66. The second-order valence-electron chi connectivity index (χ2n) is 3.86. The van der Waals surface area contributed by atoms with Crippen LogP contribution in [0.25, 0.3) is 0 Å². The number of nitrogens with one attached hydrogen (secondary N) is 2. The third-order valence-corrected chi connectivity index (χ3v) is 3.86. The lowest BCUT2D eigenvalue weighted by atomic mass is 10.2. The van der Waals surface area contributed by atoms with Crippen molar-refractivity contribution in [2.24, 2.45) is 5.92 Å². The van der Waals surface area contributed by atoms with Crippen LogP contribution in [-0.2, 0) is 0 Å². The van der Waals surface area contributed by atoms with E-state index < -0.39 is 0 Å². The Bertz CT molecular complexity index is 348. The Kier molecular flexibility index (Phi) is 6.65. The summed E-state index contributed by atoms with van der Waals surface area (Å²) < 4.78 is 0.901. The average molecular weight is 319 g/mol. The van der Waals surface area contributed by atoms with Gasteiger partial charge in [0.2, 0.25) is 0 Å². The van der Waals surface area contributed by atoms with E-state index in [2.05, 4.69) is 49.7 Å². The smallest absolute Gasteiger partial charge is 0.145 e. The lowest BCUT2D eigenvalue weighted by Gasteiger charge is -2.14. The van der Waals surface area contributed by atoms with Gasteiger partial charge in [-0.1, -0.05) is 6.92 Å². The molecule has 0 saturated heterocycles. The maximum absolute atomic E-state index is 4.24. The predicted molar refractivity (Wildman–Crippen MR) is 79.9 cm³/mol. The fourth-order valence-electron chi connectivity index (χ4n) is 1.40. The van der Waals surface area contributed by atoms with E-state index in [0.717, 1.165) is 35.0 Å². The van der Waals surface area contributed by atoms with Gasteiger partial charge in [-0.25, -0.2) is 9.97 Å². The Morgan fingerprint density at radius 3 is 2.59 bits per heavy atom. The Balaban J connectivity index is 2.61. The molecule has 1 rings (SSSR count). The third-order valence-electron chi connectivity index (χ3n) is 2.20. The van der Waals surface area contributed by atoms with Crippen molar-refractivity contribution in [1.29, 1.82) is 0 Å². The average Bonchev–Trinajstić information content (AvgIpc) is 2.31. The van der Waals surface area contributed by atoms with Crippen LogP contribution in [0.2, 0.25) is 0 Å². The van der Waals surface area contributed by atoms with E-state index in [9.17, 15) is 0 Å². The summed E-state index contributed by atoms with van der Waals surface area (Å²) in [6, 6.07) is 0. The topological polar surface area (TPSA) is 49.8 Å². The highest BCUT2D eigenvalue weighted by Gasteiger charge is 2.08. The molecule has 1 aromatic rings. The van der Waals surface area contributed by atoms with Crippen LogP contribution in [-0.4, -0.2) is 35.1 Å². The molecule has 0 saturated carbocycles. The van der Waals surface area contributed by atoms with Gasteiger partial charge in [-0.3, -0.25) is 0 Å². The molecule has 96 valence electrons. The number of hydrogen-bond acceptors (Lipinski definition) is 5. The molecule has 2 N–H and O–H groups in total. The zero-order chi connectivity index (χ0) is 12.7. The monoisotopic (exact) mass is 318 g/mol. The van der Waals surface area contributed by atoms with Crippen molar-refractivity contribution in [3.63, 3.8) is 0 Å². The van der Waals surface area contributed by atoms with Crippen molar-refractivity contribution < 1.29 is 0 Å². The molecular formula is C11H19BrN4S. The van der Waals surface area contributed by atoms with Crippen molar-refractivity contribution in [3.8, 4) is 0 Å². The molecule has 0 amide bonds. The zero-order valence-corrected chi connectivity index (χ0v) is 12.9. The van der Waals surface area contributed by atoms with Gasteiger partial charge in [0.15, 0.2) is 0 Å². The van der Waals surface area contributed by atoms with E-state index >= 15 is 0 Å². The van der Waals surface area contributed by atoms with Gasteiger partial charge < -0.3 is 10.6 Å². The molecule has 1 unspecified atom stereocenters. The van der Waals surface area contributed by atoms with E-state index in [0.29, 0.717) is 5.92 Å². The summed E-state index contributed by atoms with van der Waals surface area (Å²) in [6.07, 6.45) is 3.70. The summed E-state index contributed by atoms with van der Waals surface area (Å²) >= 11 is 5.38. The first-order chi connectivity index (χ1) is 8.19. The largest absolute Gasteiger partial charge is 0.369 e. The van der Waals surface area contributed by atoms with E-state index in [1.165, 1.54) is 0 Å². The van der Waals surface area contributed by atoms with Crippen molar-refractivity contribution in [1.82, 2.24) is 9.97 Å². The molecule has 0 radical (unpaired) electrons. The van der Waals surface area contributed by atoms with Gasteiger partial charge >= 0.3 is 0 Å². The molecule has 6 heteroatoms. The summed E-state index contributed by atoms with van der Waals surface area (Å²) in [4.78, 5) is 8.42. The highest BCUT2D eigenvalue weighted by atomic mass is 79.9. The standard InChI is InChI=1S/C11H19BrN4S/c1-4-13-10-9(12)11(16-7-15-10)14-5-8(2)6-17-3/h7-8H,4-6H2,1-3H3,(H2,13,14,15,16). The van der Waals surface area contributed by atoms with Gasteiger partial charge in [0.05, 0.1) is 0 Å². The zero-order valence-electron chi connectivity index (χ0n) is 10.5. The Labute approximate surface area is 116 Å². The molecule has 0 fully saturated rings. The van der Waals surface area contributed by atoms with Crippen LogP contribution in [0.15, 0.2) is 10.8 Å². The summed E-state index contributed by atoms with van der Waals surface area (Å²) in [5, 5.41) is 6.53. The maximum Gasteiger partial charge on any atom is 0.145 e. The van der Waals surface area contributed by atoms with Gasteiger partial charge in [0.1, 0.15) is 22.4 Å². The van der Waals surface area contributed by atoms with Crippen molar-refractivity contribution in [2.75, 3.05) is 35.7 Å². The fourth-order valence-corrected chi connectivity index (χ4v) is 2.57. The van der Waals surface area contributed by atoms with Gasteiger partial charge in [0, 0.05) is 13.1 Å². The molecule has 0 aliphatic rings. The number of anilines is 2. The molecule has 1 aromatic heterocycles. The van der Waals surface area contributed by atoms with E-state index in [1.807, 2.05) is 18.7 Å². The molecule has 1 atom stereocenters. The SMILES string of the molecule is CCNc1ncnc(NCC(C)CSC)c1Br. The molecule has 17 heavy (non-hydrogen) atoms. The molecule has 0 aliphatic heterocycles. The number of halogens is 1. The van der Waals surface area contributed by atoms with Crippen LogP contribution in [0.5, 0.6) is 0 Å². The van der Waals surface area contributed by atoms with Crippen LogP contribution < -0.4 is 10.6 Å². The molecule has 0 spiro atoms. The van der Waals surface area contributed by atoms with Crippen LogP contribution in [0, 0.1) is 5.92 Å². The maximum atomic E-state index is 4.24. The van der Waals surface area contributed by atoms with Crippen LogP contribution in [0.4, 0.5) is 11.6 Å². The minimum Gasteiger partial charge on any atom is -0.369 e. The fraction of sp³-hybridized carbons (Fsp3) is 0.636. The second-order valence-corrected chi connectivity index (χ2v) is 5.56. The van der Waals surface area contributed by atoms with Crippen LogP contribution in [0.1, 0.15) is 13.8 Å². The van der Waals surface area contributed by atoms with Crippen LogP contribution >= 0.6 is 27.7 Å². The van der Waals surface area contributed by atoms with Crippen LogP contribution in [0.3, 0.4) is 0 Å². The predicted octanol–water partition coefficient (Wildman–Crippen LogP) is 3.08. The summed E-state index contributed by atoms with van der Waals surface area (Å²) in [7, 11) is 0. The Morgan fingerprint density at radius 1 is 1.35 bits per heavy atom. The number of hydrogen-bond donors (Lipinski definition) is 2. The highest BCUT2D eigenvalue weighted by molar-refractivity contribution is 9.10. The van der Waals surface area contributed by atoms with Crippen molar-refractivity contribution in [3.05, 3.63) is 10.8 Å². The minimum atomic E-state index is 0.620. The van der Waals surface area contributed by atoms with Crippen molar-refractivity contribution >= 4 is 39.3 Å². The van der Waals surface area contributed by atoms with Gasteiger partial charge in [-0.05, 0) is 40.8 Å². The molecule has 1 heterocycles. The first-order valence-corrected chi connectivity index (χ1v) is 7.84.